The molecule has 0 saturated carbocycles. The van der Waals surface area contributed by atoms with Crippen LogP contribution in [-0.4, -0.2) is 58.1 Å². The number of aromatic nitrogens is 2. The maximum atomic E-state index is 13.3. The molecule has 6 nitrogen and oxygen atoms in total. The molecule has 1 aromatic rings. The minimum Gasteiger partial charge on any atom is -0.444 e. The van der Waals surface area contributed by atoms with Gasteiger partial charge in [-0.2, -0.15) is 18.3 Å². The highest BCUT2D eigenvalue weighted by atomic mass is 19.4. The average molecular weight is 362 g/mol. The fourth-order valence-corrected chi connectivity index (χ4v) is 2.83. The van der Waals surface area contributed by atoms with Crippen molar-refractivity contribution in [3.8, 4) is 0 Å². The Balaban J connectivity index is 2.24. The number of halogens is 3. The molecule has 1 atom stereocenters. The van der Waals surface area contributed by atoms with Crippen LogP contribution < -0.4 is 0 Å². The van der Waals surface area contributed by atoms with Gasteiger partial charge in [-0.3, -0.25) is 9.58 Å². The highest BCUT2D eigenvalue weighted by Crippen LogP contribution is 2.36. The molecule has 1 aliphatic rings. The fraction of sp³-hybridized carbons (Fsp3) is 0.750. The summed E-state index contributed by atoms with van der Waals surface area (Å²) in [6.45, 7) is 6.44. The number of nitrogens with zero attached hydrogens (tertiary/aromatic N) is 4. The molecule has 0 saturated heterocycles. The third-order valence-electron chi connectivity index (χ3n) is 3.79. The normalized spacial score (nSPS) is 17.2. The van der Waals surface area contributed by atoms with Crippen LogP contribution >= 0.6 is 0 Å². The van der Waals surface area contributed by atoms with E-state index in [1.807, 2.05) is 0 Å². The summed E-state index contributed by atoms with van der Waals surface area (Å²) in [7, 11) is 2.74. The molecular formula is C16H25F3N4O2. The van der Waals surface area contributed by atoms with Crippen molar-refractivity contribution in [1.82, 2.24) is 19.6 Å². The monoisotopic (exact) mass is 362 g/mol. The number of amides is 1. The van der Waals surface area contributed by atoms with Gasteiger partial charge in [0.1, 0.15) is 5.60 Å². The lowest BCUT2D eigenvalue weighted by Crippen LogP contribution is -2.36. The molecule has 1 amide bonds. The molecule has 0 aromatic carbocycles. The van der Waals surface area contributed by atoms with Crippen molar-refractivity contribution in [3.05, 3.63) is 17.5 Å². The third-order valence-corrected chi connectivity index (χ3v) is 3.79. The molecule has 25 heavy (non-hydrogen) atoms. The van der Waals surface area contributed by atoms with Crippen LogP contribution in [0.5, 0.6) is 0 Å². The quantitative estimate of drug-likeness (QED) is 0.811. The van der Waals surface area contributed by atoms with Gasteiger partial charge in [0.15, 0.2) is 6.04 Å². The van der Waals surface area contributed by atoms with Crippen LogP contribution in [0.1, 0.15) is 44.6 Å². The maximum absolute atomic E-state index is 13.3. The number of alkyl halides is 3. The van der Waals surface area contributed by atoms with E-state index in [1.54, 1.807) is 25.5 Å². The minimum atomic E-state index is -4.42. The lowest BCUT2D eigenvalue weighted by molar-refractivity contribution is -0.180. The molecule has 9 heteroatoms. The zero-order valence-corrected chi connectivity index (χ0v) is 15.2. The van der Waals surface area contributed by atoms with Crippen LogP contribution in [0.2, 0.25) is 0 Å². The second-order valence-electron chi connectivity index (χ2n) is 7.45. The van der Waals surface area contributed by atoms with E-state index in [1.165, 1.54) is 25.1 Å². The highest BCUT2D eigenvalue weighted by Gasteiger charge is 2.44. The number of carbonyl (C=O) groups excluding carboxylic acids is 1. The van der Waals surface area contributed by atoms with Gasteiger partial charge < -0.3 is 9.64 Å². The van der Waals surface area contributed by atoms with E-state index >= 15 is 0 Å². The number of ether oxygens (including phenoxy) is 1. The zero-order chi connectivity index (χ0) is 19.0. The molecule has 0 radical (unpaired) electrons. The van der Waals surface area contributed by atoms with Gasteiger partial charge in [0.2, 0.25) is 0 Å². The summed E-state index contributed by atoms with van der Waals surface area (Å²) in [6, 6.07) is -0.345. The number of aryl methyl sites for hydroxylation is 1. The van der Waals surface area contributed by atoms with Crippen molar-refractivity contribution in [1.29, 1.82) is 0 Å². The van der Waals surface area contributed by atoms with Gasteiger partial charge in [-0.25, -0.2) is 4.79 Å². The summed E-state index contributed by atoms with van der Waals surface area (Å²) >= 11 is 0. The molecule has 2 rings (SSSR count). The zero-order valence-electron chi connectivity index (χ0n) is 15.2. The molecular weight excluding hydrogens is 337 g/mol. The van der Waals surface area contributed by atoms with E-state index in [9.17, 15) is 18.0 Å². The second-order valence-corrected chi connectivity index (χ2v) is 7.45. The summed E-state index contributed by atoms with van der Waals surface area (Å²) in [5.74, 6) is 0. The fourth-order valence-electron chi connectivity index (χ4n) is 2.83. The molecule has 0 spiro atoms. The van der Waals surface area contributed by atoms with Gasteiger partial charge in [-0.05, 0) is 47.4 Å². The average Bonchev–Trinajstić information content (AvgIpc) is 2.65. The Kier molecular flexibility index (Phi) is 5.36. The predicted octanol–water partition coefficient (Wildman–Crippen LogP) is 3.19. The van der Waals surface area contributed by atoms with Crippen molar-refractivity contribution in [2.24, 2.45) is 0 Å². The second kappa shape index (κ2) is 6.86. The number of hydrogen-bond acceptors (Lipinski definition) is 4. The smallest absolute Gasteiger partial charge is 0.410 e. The third kappa shape index (κ3) is 4.87. The number of carbonyl (C=O) groups is 1. The van der Waals surface area contributed by atoms with Crippen molar-refractivity contribution >= 4 is 6.09 Å². The topological polar surface area (TPSA) is 50.6 Å². The first-order valence-electron chi connectivity index (χ1n) is 8.16. The van der Waals surface area contributed by atoms with Gasteiger partial charge in [0, 0.05) is 13.1 Å². The Morgan fingerprint density at radius 3 is 2.44 bits per heavy atom. The molecule has 0 N–H and O–H groups in total. The standard InChI is InChI=1S/C16H25F3N4O2/c1-15(2,3)25-14(24)22-7-6-8-23-11(10-22)9-12(20-23)13(21(4)5)16(17,18)19/h9,13H,6-8,10H2,1-5H3. The predicted molar refractivity (Wildman–Crippen MR) is 86.0 cm³/mol. The van der Waals surface area contributed by atoms with Gasteiger partial charge in [0.25, 0.3) is 0 Å². The van der Waals surface area contributed by atoms with Crippen LogP contribution in [0.3, 0.4) is 0 Å². The van der Waals surface area contributed by atoms with E-state index in [-0.39, 0.29) is 12.2 Å². The van der Waals surface area contributed by atoms with Crippen LogP contribution in [0.4, 0.5) is 18.0 Å². The van der Waals surface area contributed by atoms with Gasteiger partial charge >= 0.3 is 12.3 Å². The Morgan fingerprint density at radius 1 is 1.28 bits per heavy atom. The van der Waals surface area contributed by atoms with E-state index in [4.69, 9.17) is 4.74 Å². The molecule has 142 valence electrons. The van der Waals surface area contributed by atoms with Crippen molar-refractivity contribution in [2.45, 2.75) is 58.1 Å². The van der Waals surface area contributed by atoms with Crippen molar-refractivity contribution in [3.63, 3.8) is 0 Å². The number of rotatable bonds is 2. The Morgan fingerprint density at radius 2 is 1.92 bits per heavy atom. The molecule has 1 aliphatic heterocycles. The first-order valence-corrected chi connectivity index (χ1v) is 8.16. The summed E-state index contributed by atoms with van der Waals surface area (Å²) in [4.78, 5) is 14.9. The molecule has 1 aromatic heterocycles. The van der Waals surface area contributed by atoms with E-state index < -0.39 is 23.9 Å². The lowest BCUT2D eigenvalue weighted by Gasteiger charge is -2.26. The molecule has 0 bridgehead atoms. The van der Waals surface area contributed by atoms with E-state index in [0.29, 0.717) is 25.2 Å². The van der Waals surface area contributed by atoms with E-state index in [0.717, 1.165) is 4.90 Å². The van der Waals surface area contributed by atoms with Crippen LogP contribution in [-0.2, 0) is 17.8 Å². The summed E-state index contributed by atoms with van der Waals surface area (Å²) in [6.07, 6.45) is -4.29. The van der Waals surface area contributed by atoms with E-state index in [2.05, 4.69) is 5.10 Å². The van der Waals surface area contributed by atoms with Crippen molar-refractivity contribution < 1.29 is 22.7 Å². The van der Waals surface area contributed by atoms with Gasteiger partial charge in [0.05, 0.1) is 17.9 Å². The SMILES string of the molecule is CN(C)C(c1cc2n(n1)CCCN(C(=O)OC(C)(C)C)C2)C(F)(F)F. The van der Waals surface area contributed by atoms with Crippen LogP contribution in [0.15, 0.2) is 6.07 Å². The molecule has 0 fully saturated rings. The van der Waals surface area contributed by atoms with Crippen LogP contribution in [0.25, 0.3) is 0 Å². The molecule has 2 heterocycles. The van der Waals surface area contributed by atoms with Gasteiger partial charge in [-0.15, -0.1) is 0 Å². The summed E-state index contributed by atoms with van der Waals surface area (Å²) in [5, 5.41) is 4.14. The molecule has 1 unspecified atom stereocenters. The highest BCUT2D eigenvalue weighted by molar-refractivity contribution is 5.68. The minimum absolute atomic E-state index is 0.0569. The van der Waals surface area contributed by atoms with Gasteiger partial charge in [-0.1, -0.05) is 0 Å². The largest absolute Gasteiger partial charge is 0.444 e. The first-order chi connectivity index (χ1) is 11.4. The lowest BCUT2D eigenvalue weighted by atomic mass is 10.1. The Hall–Kier alpha value is -1.77. The van der Waals surface area contributed by atoms with Crippen molar-refractivity contribution in [2.75, 3.05) is 20.6 Å². The Labute approximate surface area is 145 Å². The summed E-state index contributed by atoms with van der Waals surface area (Å²) in [5.41, 5.74) is -0.103. The maximum Gasteiger partial charge on any atom is 0.410 e. The first kappa shape index (κ1) is 19.6. The number of hydrogen-bond donors (Lipinski definition) is 0. The number of fused-ring (bicyclic) bond motifs is 1. The Bertz CT molecular complexity index is 620. The summed E-state index contributed by atoms with van der Waals surface area (Å²) < 4.78 is 46.9. The molecule has 0 aliphatic carbocycles. The van der Waals surface area contributed by atoms with Crippen LogP contribution in [0, 0.1) is 0 Å².